The van der Waals surface area contributed by atoms with Gasteiger partial charge in [-0.1, -0.05) is 31.5 Å². The molecule has 3 aromatic rings. The zero-order valence-electron chi connectivity index (χ0n) is 16.4. The summed E-state index contributed by atoms with van der Waals surface area (Å²) >= 11 is 0. The molecule has 7 nitrogen and oxygen atoms in total. The van der Waals surface area contributed by atoms with E-state index in [0.717, 1.165) is 18.5 Å². The second kappa shape index (κ2) is 9.54. The van der Waals surface area contributed by atoms with E-state index in [1.807, 2.05) is 37.3 Å². The number of benzene rings is 2. The largest absolute Gasteiger partial charge is 0.493 e. The first-order valence-corrected chi connectivity index (χ1v) is 9.40. The van der Waals surface area contributed by atoms with E-state index in [1.54, 1.807) is 35.1 Å². The van der Waals surface area contributed by atoms with Gasteiger partial charge in [0.25, 0.3) is 5.91 Å². The Morgan fingerprint density at radius 3 is 2.45 bits per heavy atom. The fraction of sp³-hybridized carbons (Fsp3) is 0.227. The average molecular weight is 393 g/mol. The molecule has 1 amide bonds. The highest BCUT2D eigenvalue weighted by molar-refractivity contribution is 6.05. The van der Waals surface area contributed by atoms with Crippen LogP contribution in [-0.2, 0) is 4.74 Å². The van der Waals surface area contributed by atoms with Crippen LogP contribution in [0, 0.1) is 0 Å². The van der Waals surface area contributed by atoms with Crippen LogP contribution >= 0.6 is 0 Å². The molecule has 29 heavy (non-hydrogen) atoms. The highest BCUT2D eigenvalue weighted by atomic mass is 16.5. The maximum atomic E-state index is 12.7. The van der Waals surface area contributed by atoms with Crippen molar-refractivity contribution in [2.24, 2.45) is 0 Å². The summed E-state index contributed by atoms with van der Waals surface area (Å²) in [7, 11) is 1.49. The molecule has 0 aliphatic carbocycles. The summed E-state index contributed by atoms with van der Waals surface area (Å²) in [6, 6.07) is 16.0. The monoisotopic (exact) mass is 393 g/mol. The van der Waals surface area contributed by atoms with Crippen molar-refractivity contribution in [3.8, 4) is 11.4 Å². The van der Waals surface area contributed by atoms with Gasteiger partial charge in [0.1, 0.15) is 0 Å². The molecule has 0 bridgehead atoms. The van der Waals surface area contributed by atoms with Crippen LogP contribution in [0.4, 0.5) is 5.69 Å². The van der Waals surface area contributed by atoms with Gasteiger partial charge in [0, 0.05) is 5.69 Å². The summed E-state index contributed by atoms with van der Waals surface area (Å²) in [5.41, 5.74) is 1.96. The minimum atomic E-state index is -0.408. The van der Waals surface area contributed by atoms with Crippen molar-refractivity contribution in [1.29, 1.82) is 0 Å². The molecule has 1 N–H and O–H groups in total. The Balaban J connectivity index is 1.70. The molecule has 1 aromatic heterocycles. The minimum absolute atomic E-state index is 0.166. The van der Waals surface area contributed by atoms with Crippen LogP contribution in [0.5, 0.6) is 5.75 Å². The third-order valence-electron chi connectivity index (χ3n) is 4.25. The first-order chi connectivity index (χ1) is 14.1. The summed E-state index contributed by atoms with van der Waals surface area (Å²) in [5, 5.41) is 7.11. The smallest absolute Gasteiger partial charge is 0.338 e. The maximum Gasteiger partial charge on any atom is 0.338 e. The van der Waals surface area contributed by atoms with Gasteiger partial charge in [-0.3, -0.25) is 4.79 Å². The molecule has 3 rings (SSSR count). The van der Waals surface area contributed by atoms with Crippen LogP contribution in [0.1, 0.15) is 40.6 Å². The van der Waals surface area contributed by atoms with Gasteiger partial charge in [0.2, 0.25) is 0 Å². The molecular weight excluding hydrogens is 370 g/mol. The normalized spacial score (nSPS) is 10.4. The molecular formula is C22H23N3O4. The molecule has 0 spiro atoms. The number of nitrogens with zero attached hydrogens (tertiary/aromatic N) is 2. The van der Waals surface area contributed by atoms with Crippen molar-refractivity contribution in [2.75, 3.05) is 19.0 Å². The predicted octanol–water partition coefficient (Wildman–Crippen LogP) is 4.09. The van der Waals surface area contributed by atoms with E-state index in [1.165, 1.54) is 7.11 Å². The number of carbonyl (C=O) groups is 2. The highest BCUT2D eigenvalue weighted by Gasteiger charge is 2.19. The SMILES string of the molecule is CCCCOC(=O)c1ccc(NC(=O)c2nn(-c3ccccc3)cc2OC)cc1. The van der Waals surface area contributed by atoms with Crippen molar-refractivity contribution in [3.63, 3.8) is 0 Å². The molecule has 2 aromatic carbocycles. The molecule has 0 atom stereocenters. The van der Waals surface area contributed by atoms with Gasteiger partial charge >= 0.3 is 5.97 Å². The minimum Gasteiger partial charge on any atom is -0.493 e. The van der Waals surface area contributed by atoms with E-state index in [4.69, 9.17) is 9.47 Å². The molecule has 0 fully saturated rings. The van der Waals surface area contributed by atoms with Crippen LogP contribution in [0.3, 0.4) is 0 Å². The predicted molar refractivity (Wildman–Crippen MR) is 110 cm³/mol. The zero-order valence-corrected chi connectivity index (χ0v) is 16.4. The quantitative estimate of drug-likeness (QED) is 0.460. The number of ether oxygens (including phenoxy) is 2. The lowest BCUT2D eigenvalue weighted by atomic mass is 10.2. The number of anilines is 1. The molecule has 150 valence electrons. The lowest BCUT2D eigenvalue weighted by molar-refractivity contribution is 0.0499. The molecule has 0 unspecified atom stereocenters. The highest BCUT2D eigenvalue weighted by Crippen LogP contribution is 2.21. The number of para-hydroxylation sites is 1. The van der Waals surface area contributed by atoms with Crippen LogP contribution in [0.15, 0.2) is 60.8 Å². The lowest BCUT2D eigenvalue weighted by Crippen LogP contribution is -2.14. The molecule has 1 heterocycles. The van der Waals surface area contributed by atoms with Gasteiger partial charge in [-0.25, -0.2) is 9.48 Å². The zero-order chi connectivity index (χ0) is 20.6. The van der Waals surface area contributed by atoms with Crippen molar-refractivity contribution in [2.45, 2.75) is 19.8 Å². The Bertz CT molecular complexity index is 965. The Morgan fingerprint density at radius 2 is 1.79 bits per heavy atom. The first-order valence-electron chi connectivity index (χ1n) is 9.40. The molecule has 0 saturated heterocycles. The first kappa shape index (κ1) is 20.1. The van der Waals surface area contributed by atoms with E-state index in [9.17, 15) is 9.59 Å². The van der Waals surface area contributed by atoms with Crippen molar-refractivity contribution >= 4 is 17.6 Å². The van der Waals surface area contributed by atoms with Crippen LogP contribution in [-0.4, -0.2) is 35.4 Å². The Morgan fingerprint density at radius 1 is 1.07 bits per heavy atom. The Hall–Kier alpha value is -3.61. The Kier molecular flexibility index (Phi) is 6.63. The van der Waals surface area contributed by atoms with E-state index >= 15 is 0 Å². The van der Waals surface area contributed by atoms with Crippen molar-refractivity contribution in [1.82, 2.24) is 9.78 Å². The number of methoxy groups -OCH3 is 1. The molecule has 0 aliphatic rings. The average Bonchev–Trinajstić information content (AvgIpc) is 3.20. The van der Waals surface area contributed by atoms with Crippen LogP contribution < -0.4 is 10.1 Å². The fourth-order valence-corrected chi connectivity index (χ4v) is 2.65. The number of rotatable bonds is 8. The fourth-order valence-electron chi connectivity index (χ4n) is 2.65. The summed E-state index contributed by atoms with van der Waals surface area (Å²) in [5.74, 6) is -0.420. The Labute approximate surface area is 169 Å². The lowest BCUT2D eigenvalue weighted by Gasteiger charge is -2.07. The number of hydrogen-bond acceptors (Lipinski definition) is 5. The topological polar surface area (TPSA) is 82.5 Å². The van der Waals surface area contributed by atoms with Crippen molar-refractivity contribution < 1.29 is 19.1 Å². The number of unbranched alkanes of at least 4 members (excludes halogenated alkanes) is 1. The van der Waals surface area contributed by atoms with Crippen molar-refractivity contribution in [3.05, 3.63) is 72.1 Å². The van der Waals surface area contributed by atoms with Gasteiger partial charge in [0.15, 0.2) is 11.4 Å². The number of hydrogen-bond donors (Lipinski definition) is 1. The third-order valence-corrected chi connectivity index (χ3v) is 4.25. The summed E-state index contributed by atoms with van der Waals surface area (Å²) in [4.78, 5) is 24.6. The standard InChI is InChI=1S/C22H23N3O4/c1-3-4-14-29-22(27)16-10-12-17(13-11-16)23-21(26)20-19(28-2)15-25(24-20)18-8-6-5-7-9-18/h5-13,15H,3-4,14H2,1-2H3,(H,23,26). The summed E-state index contributed by atoms with van der Waals surface area (Å²) < 4.78 is 12.1. The van der Waals surface area contributed by atoms with Gasteiger partial charge < -0.3 is 14.8 Å². The molecule has 0 radical (unpaired) electrons. The van der Waals surface area contributed by atoms with Crippen LogP contribution in [0.2, 0.25) is 0 Å². The number of aromatic nitrogens is 2. The van der Waals surface area contributed by atoms with E-state index in [-0.39, 0.29) is 11.7 Å². The van der Waals surface area contributed by atoms with Gasteiger partial charge in [-0.15, -0.1) is 0 Å². The molecule has 7 heteroatoms. The van der Waals surface area contributed by atoms with E-state index in [2.05, 4.69) is 10.4 Å². The number of esters is 1. The second-order valence-corrected chi connectivity index (χ2v) is 6.35. The summed E-state index contributed by atoms with van der Waals surface area (Å²) in [6.45, 7) is 2.43. The van der Waals surface area contributed by atoms with Gasteiger partial charge in [-0.05, 0) is 42.8 Å². The number of amides is 1. The maximum absolute atomic E-state index is 12.7. The third kappa shape index (κ3) is 5.01. The second-order valence-electron chi connectivity index (χ2n) is 6.35. The number of carbonyl (C=O) groups excluding carboxylic acids is 2. The molecule has 0 aliphatic heterocycles. The van der Waals surface area contributed by atoms with E-state index in [0.29, 0.717) is 23.6 Å². The van der Waals surface area contributed by atoms with Crippen LogP contribution in [0.25, 0.3) is 5.69 Å². The van der Waals surface area contributed by atoms with E-state index < -0.39 is 5.91 Å². The molecule has 0 saturated carbocycles. The summed E-state index contributed by atoms with van der Waals surface area (Å²) in [6.07, 6.45) is 3.44. The van der Waals surface area contributed by atoms with Gasteiger partial charge in [-0.2, -0.15) is 5.10 Å². The number of nitrogens with one attached hydrogen (secondary N) is 1. The van der Waals surface area contributed by atoms with Gasteiger partial charge in [0.05, 0.1) is 31.2 Å².